The van der Waals surface area contributed by atoms with E-state index in [0.717, 1.165) is 38.0 Å². The lowest BCUT2D eigenvalue weighted by molar-refractivity contribution is -0.117. The largest absolute Gasteiger partial charge is 0.373 e. The molecule has 2 amide bonds. The molecule has 6 heteroatoms. The van der Waals surface area contributed by atoms with Crippen LogP contribution in [0.25, 0.3) is 0 Å². The highest BCUT2D eigenvalue weighted by Gasteiger charge is 2.29. The van der Waals surface area contributed by atoms with E-state index < -0.39 is 0 Å². The van der Waals surface area contributed by atoms with Crippen molar-refractivity contribution in [1.29, 1.82) is 0 Å². The molecule has 1 aliphatic heterocycles. The molecule has 2 N–H and O–H groups in total. The topological polar surface area (TPSA) is 70.7 Å². The summed E-state index contributed by atoms with van der Waals surface area (Å²) in [6.45, 7) is 8.82. The van der Waals surface area contributed by atoms with Gasteiger partial charge in [-0.15, -0.1) is 0 Å². The average Bonchev–Trinajstić information content (AvgIpc) is 3.56. The number of hydrogen-bond donors (Lipinski definition) is 2. The lowest BCUT2D eigenvalue weighted by Crippen LogP contribution is -2.44. The Labute approximate surface area is 184 Å². The second-order valence-corrected chi connectivity index (χ2v) is 8.90. The van der Waals surface area contributed by atoms with Crippen LogP contribution in [0.3, 0.4) is 0 Å². The summed E-state index contributed by atoms with van der Waals surface area (Å²) in [5, 5.41) is 5.91. The maximum absolute atomic E-state index is 12.8. The van der Waals surface area contributed by atoms with Crippen molar-refractivity contribution in [2.24, 2.45) is 5.92 Å². The molecule has 4 rings (SSSR count). The third kappa shape index (κ3) is 5.71. The molecule has 2 fully saturated rings. The lowest BCUT2D eigenvalue weighted by atomic mass is 10.1. The molecule has 164 valence electrons. The number of amides is 2. The maximum atomic E-state index is 12.8. The van der Waals surface area contributed by atoms with Crippen LogP contribution in [0.1, 0.15) is 48.2 Å². The van der Waals surface area contributed by atoms with Gasteiger partial charge < -0.3 is 15.4 Å². The SMILES string of the molecule is Cc1ccc(NC(=O)C2CC2)cc1NC(=O)c1ccc(CN2CC(C)OC(C)C2)cc1. The van der Waals surface area contributed by atoms with Gasteiger partial charge in [0, 0.05) is 42.5 Å². The average molecular weight is 422 g/mol. The fourth-order valence-electron chi connectivity index (χ4n) is 4.05. The van der Waals surface area contributed by atoms with Crippen LogP contribution in [0.4, 0.5) is 11.4 Å². The number of aryl methyl sites for hydroxylation is 1. The first kappa shape index (κ1) is 21.5. The smallest absolute Gasteiger partial charge is 0.255 e. The van der Waals surface area contributed by atoms with E-state index in [0.29, 0.717) is 16.9 Å². The molecule has 2 aliphatic rings. The van der Waals surface area contributed by atoms with Gasteiger partial charge in [-0.2, -0.15) is 0 Å². The fourth-order valence-corrected chi connectivity index (χ4v) is 4.05. The van der Waals surface area contributed by atoms with E-state index in [1.807, 2.05) is 49.4 Å². The van der Waals surface area contributed by atoms with Crippen LogP contribution in [0.5, 0.6) is 0 Å². The van der Waals surface area contributed by atoms with Crippen molar-refractivity contribution in [2.45, 2.75) is 52.4 Å². The van der Waals surface area contributed by atoms with E-state index in [4.69, 9.17) is 4.74 Å². The quantitative estimate of drug-likeness (QED) is 0.733. The second-order valence-electron chi connectivity index (χ2n) is 8.90. The Morgan fingerprint density at radius 1 is 1.00 bits per heavy atom. The summed E-state index contributed by atoms with van der Waals surface area (Å²) in [4.78, 5) is 27.2. The fraction of sp³-hybridized carbons (Fsp3) is 0.440. The first-order valence-electron chi connectivity index (χ1n) is 11.1. The molecule has 0 spiro atoms. The van der Waals surface area contributed by atoms with E-state index in [9.17, 15) is 9.59 Å². The minimum atomic E-state index is -0.158. The molecule has 2 unspecified atom stereocenters. The number of morpholine rings is 1. The molecule has 1 heterocycles. The molecular formula is C25H31N3O3. The van der Waals surface area contributed by atoms with Crippen molar-refractivity contribution in [3.05, 3.63) is 59.2 Å². The number of ether oxygens (including phenoxy) is 1. The summed E-state index contributed by atoms with van der Waals surface area (Å²) in [5.74, 6) is 0.0384. The number of rotatable bonds is 6. The highest BCUT2D eigenvalue weighted by molar-refractivity contribution is 6.05. The summed E-state index contributed by atoms with van der Waals surface area (Å²) >= 11 is 0. The number of nitrogens with zero attached hydrogens (tertiary/aromatic N) is 1. The molecular weight excluding hydrogens is 390 g/mol. The van der Waals surface area contributed by atoms with Crippen molar-refractivity contribution in [3.63, 3.8) is 0 Å². The van der Waals surface area contributed by atoms with Gasteiger partial charge in [0.2, 0.25) is 5.91 Å². The summed E-state index contributed by atoms with van der Waals surface area (Å²) < 4.78 is 5.80. The summed E-state index contributed by atoms with van der Waals surface area (Å²) in [7, 11) is 0. The Bertz CT molecular complexity index is 943. The highest BCUT2D eigenvalue weighted by Crippen LogP contribution is 2.31. The number of anilines is 2. The van der Waals surface area contributed by atoms with Crippen molar-refractivity contribution in [2.75, 3.05) is 23.7 Å². The first-order chi connectivity index (χ1) is 14.9. The van der Waals surface area contributed by atoms with Crippen LogP contribution in [0.2, 0.25) is 0 Å². The van der Waals surface area contributed by atoms with Crippen LogP contribution < -0.4 is 10.6 Å². The van der Waals surface area contributed by atoms with Crippen LogP contribution in [0, 0.1) is 12.8 Å². The Balaban J connectivity index is 1.37. The van der Waals surface area contributed by atoms with E-state index in [-0.39, 0.29) is 29.9 Å². The zero-order chi connectivity index (χ0) is 22.0. The van der Waals surface area contributed by atoms with E-state index in [1.165, 1.54) is 5.56 Å². The molecule has 1 aliphatic carbocycles. The van der Waals surface area contributed by atoms with Crippen LogP contribution in [0.15, 0.2) is 42.5 Å². The van der Waals surface area contributed by atoms with Gasteiger partial charge in [-0.3, -0.25) is 14.5 Å². The summed E-state index contributed by atoms with van der Waals surface area (Å²) in [5.41, 5.74) is 4.16. The highest BCUT2D eigenvalue weighted by atomic mass is 16.5. The van der Waals surface area contributed by atoms with Gasteiger partial charge in [0.25, 0.3) is 5.91 Å². The second kappa shape index (κ2) is 9.20. The van der Waals surface area contributed by atoms with Gasteiger partial charge in [0.15, 0.2) is 0 Å². The van der Waals surface area contributed by atoms with Crippen molar-refractivity contribution >= 4 is 23.2 Å². The van der Waals surface area contributed by atoms with Gasteiger partial charge in [0.1, 0.15) is 0 Å². The van der Waals surface area contributed by atoms with E-state index >= 15 is 0 Å². The number of carbonyl (C=O) groups is 2. The van der Waals surface area contributed by atoms with Gasteiger partial charge in [0.05, 0.1) is 12.2 Å². The standard InChI is InChI=1S/C25H31N3O3/c1-16-4-11-22(26-24(29)21-9-10-21)12-23(16)27-25(30)20-7-5-19(6-8-20)15-28-13-17(2)31-18(3)14-28/h4-8,11-12,17-18,21H,9-10,13-15H2,1-3H3,(H,26,29)(H,27,30). The predicted octanol–water partition coefficient (Wildman–Crippen LogP) is 4.21. The molecule has 2 aromatic carbocycles. The maximum Gasteiger partial charge on any atom is 0.255 e. The predicted molar refractivity (Wildman–Crippen MR) is 122 cm³/mol. The number of hydrogen-bond acceptors (Lipinski definition) is 4. The minimum Gasteiger partial charge on any atom is -0.373 e. The normalized spacial score (nSPS) is 21.5. The monoisotopic (exact) mass is 421 g/mol. The van der Waals surface area contributed by atoms with Gasteiger partial charge in [-0.1, -0.05) is 18.2 Å². The molecule has 0 radical (unpaired) electrons. The molecule has 0 bridgehead atoms. The minimum absolute atomic E-state index is 0.0563. The number of carbonyl (C=O) groups excluding carboxylic acids is 2. The Morgan fingerprint density at radius 3 is 2.32 bits per heavy atom. The van der Waals surface area contributed by atoms with Crippen LogP contribution >= 0.6 is 0 Å². The van der Waals surface area contributed by atoms with E-state index in [1.54, 1.807) is 0 Å². The van der Waals surface area contributed by atoms with Crippen molar-refractivity contribution in [3.8, 4) is 0 Å². The summed E-state index contributed by atoms with van der Waals surface area (Å²) in [6.07, 6.45) is 2.39. The molecule has 6 nitrogen and oxygen atoms in total. The van der Waals surface area contributed by atoms with Crippen LogP contribution in [-0.4, -0.2) is 42.0 Å². The van der Waals surface area contributed by atoms with E-state index in [2.05, 4.69) is 29.4 Å². The Hall–Kier alpha value is -2.70. The van der Waals surface area contributed by atoms with Crippen molar-refractivity contribution in [1.82, 2.24) is 4.90 Å². The first-order valence-corrected chi connectivity index (χ1v) is 11.1. The lowest BCUT2D eigenvalue weighted by Gasteiger charge is -2.35. The number of nitrogens with one attached hydrogen (secondary N) is 2. The third-order valence-electron chi connectivity index (χ3n) is 5.82. The Kier molecular flexibility index (Phi) is 6.39. The molecule has 1 saturated heterocycles. The van der Waals surface area contributed by atoms with Crippen LogP contribution in [-0.2, 0) is 16.1 Å². The number of benzene rings is 2. The van der Waals surface area contributed by atoms with Gasteiger partial charge >= 0.3 is 0 Å². The zero-order valence-electron chi connectivity index (χ0n) is 18.5. The third-order valence-corrected chi connectivity index (χ3v) is 5.82. The zero-order valence-corrected chi connectivity index (χ0v) is 18.5. The molecule has 1 saturated carbocycles. The van der Waals surface area contributed by atoms with Gasteiger partial charge in [-0.05, 0) is 69.0 Å². The summed E-state index contributed by atoms with van der Waals surface area (Å²) in [6, 6.07) is 13.4. The molecule has 0 aromatic heterocycles. The van der Waals surface area contributed by atoms with Gasteiger partial charge in [-0.25, -0.2) is 0 Å². The Morgan fingerprint density at radius 2 is 1.68 bits per heavy atom. The molecule has 2 aromatic rings. The van der Waals surface area contributed by atoms with Crippen molar-refractivity contribution < 1.29 is 14.3 Å². The molecule has 31 heavy (non-hydrogen) atoms. The molecule has 2 atom stereocenters.